The van der Waals surface area contributed by atoms with Crippen molar-refractivity contribution < 1.29 is 4.42 Å². The van der Waals surface area contributed by atoms with Gasteiger partial charge < -0.3 is 4.42 Å². The van der Waals surface area contributed by atoms with Crippen LogP contribution in [0.1, 0.15) is 87.2 Å². The van der Waals surface area contributed by atoms with E-state index in [2.05, 4.69) is 12.1 Å². The second-order valence-electron chi connectivity index (χ2n) is 6.70. The Kier molecular flexibility index (Phi) is 3.01. The highest BCUT2D eigenvalue weighted by molar-refractivity contribution is 5.73. The van der Waals surface area contributed by atoms with Crippen molar-refractivity contribution >= 4 is 11.2 Å². The van der Waals surface area contributed by atoms with Gasteiger partial charge in [0.15, 0.2) is 0 Å². The zero-order chi connectivity index (χ0) is 12.7. The van der Waals surface area contributed by atoms with Gasteiger partial charge in [-0.1, -0.05) is 38.5 Å². The average molecular weight is 256 g/mol. The molecule has 0 aliphatic heterocycles. The Morgan fingerprint density at radius 1 is 0.684 bits per heavy atom. The van der Waals surface area contributed by atoms with Gasteiger partial charge in [-0.25, -0.2) is 0 Å². The molecule has 2 aromatic heterocycles. The monoisotopic (exact) mass is 256 g/mol. The molecule has 0 amide bonds. The predicted octanol–water partition coefficient (Wildman–Crippen LogP) is 5.97. The van der Waals surface area contributed by atoms with Crippen molar-refractivity contribution in [3.63, 3.8) is 0 Å². The van der Waals surface area contributed by atoms with Crippen molar-refractivity contribution in [2.24, 2.45) is 0 Å². The van der Waals surface area contributed by atoms with Gasteiger partial charge in [-0.15, -0.1) is 0 Å². The molecule has 2 saturated carbocycles. The molecule has 19 heavy (non-hydrogen) atoms. The highest BCUT2D eigenvalue weighted by Gasteiger charge is 2.26. The Morgan fingerprint density at radius 2 is 1.16 bits per heavy atom. The minimum absolute atomic E-state index is 0.786. The number of rotatable bonds is 2. The van der Waals surface area contributed by atoms with Crippen LogP contribution in [-0.2, 0) is 0 Å². The van der Waals surface area contributed by atoms with Gasteiger partial charge in [0.25, 0.3) is 0 Å². The van der Waals surface area contributed by atoms with Crippen LogP contribution in [0.25, 0.3) is 11.2 Å². The van der Waals surface area contributed by atoms with Crippen molar-refractivity contribution in [1.82, 2.24) is 0 Å². The first-order valence-electron chi connectivity index (χ1n) is 8.27. The van der Waals surface area contributed by atoms with Gasteiger partial charge in [-0.3, -0.25) is 0 Å². The fourth-order valence-corrected chi connectivity index (χ4v) is 4.37. The molecule has 0 saturated heterocycles. The first kappa shape index (κ1) is 11.8. The SMILES string of the molecule is c1c(C2CCCCC2)c2oc1cc2C1CCCCC1. The molecule has 0 spiro atoms. The molecule has 0 N–H and O–H groups in total. The van der Waals surface area contributed by atoms with Gasteiger partial charge in [0.1, 0.15) is 11.2 Å². The lowest BCUT2D eigenvalue weighted by Crippen LogP contribution is -2.07. The average Bonchev–Trinajstić information content (AvgIpc) is 3.09. The lowest BCUT2D eigenvalue weighted by Gasteiger charge is -2.24. The number of fused-ring (bicyclic) bond motifs is 2. The third-order valence-corrected chi connectivity index (χ3v) is 5.43. The molecule has 2 aliphatic rings. The van der Waals surface area contributed by atoms with Crippen LogP contribution in [0.5, 0.6) is 0 Å². The fraction of sp³-hybridized carbons (Fsp3) is 0.667. The lowest BCUT2D eigenvalue weighted by atomic mass is 9.80. The molecule has 2 aliphatic carbocycles. The van der Waals surface area contributed by atoms with E-state index in [9.17, 15) is 0 Å². The van der Waals surface area contributed by atoms with Crippen molar-refractivity contribution in [3.8, 4) is 0 Å². The summed E-state index contributed by atoms with van der Waals surface area (Å²) >= 11 is 0. The van der Waals surface area contributed by atoms with E-state index in [0.717, 1.165) is 17.4 Å². The van der Waals surface area contributed by atoms with Crippen LogP contribution in [0.15, 0.2) is 16.5 Å². The second-order valence-corrected chi connectivity index (χ2v) is 6.70. The smallest absolute Gasteiger partial charge is 0.134 e. The minimum Gasteiger partial charge on any atom is -0.457 e. The molecule has 2 heterocycles. The Hall–Kier alpha value is -0.980. The van der Waals surface area contributed by atoms with Crippen LogP contribution in [0.2, 0.25) is 0 Å². The highest BCUT2D eigenvalue weighted by atomic mass is 16.3. The summed E-state index contributed by atoms with van der Waals surface area (Å²) in [6, 6.07) is 4.66. The van der Waals surface area contributed by atoms with Crippen molar-refractivity contribution in [3.05, 3.63) is 23.3 Å². The van der Waals surface area contributed by atoms with E-state index in [1.54, 1.807) is 11.1 Å². The van der Waals surface area contributed by atoms with E-state index in [1.807, 2.05) is 0 Å². The maximum atomic E-state index is 6.05. The third-order valence-electron chi connectivity index (χ3n) is 5.43. The summed E-state index contributed by atoms with van der Waals surface area (Å²) in [5.41, 5.74) is 5.53. The van der Waals surface area contributed by atoms with Crippen molar-refractivity contribution in [1.29, 1.82) is 0 Å². The summed E-state index contributed by atoms with van der Waals surface area (Å²) in [4.78, 5) is 0. The number of benzene rings is 1. The molecule has 0 unspecified atom stereocenters. The van der Waals surface area contributed by atoms with Crippen molar-refractivity contribution in [2.75, 3.05) is 0 Å². The molecule has 4 rings (SSSR count). The Bertz CT molecular complexity index is 484. The molecular formula is C18H24O. The minimum atomic E-state index is 0.786. The van der Waals surface area contributed by atoms with Gasteiger partial charge in [0.2, 0.25) is 0 Å². The van der Waals surface area contributed by atoms with Crippen LogP contribution in [0, 0.1) is 0 Å². The predicted molar refractivity (Wildman–Crippen MR) is 79.1 cm³/mol. The lowest BCUT2D eigenvalue weighted by molar-refractivity contribution is 0.437. The van der Waals surface area contributed by atoms with Crippen LogP contribution in [-0.4, -0.2) is 0 Å². The number of hydrogen-bond acceptors (Lipinski definition) is 1. The zero-order valence-electron chi connectivity index (χ0n) is 11.8. The van der Waals surface area contributed by atoms with Gasteiger partial charge in [-0.05, 0) is 49.7 Å². The molecule has 0 aromatic carbocycles. The maximum absolute atomic E-state index is 6.05. The van der Waals surface area contributed by atoms with Crippen LogP contribution < -0.4 is 0 Å². The molecule has 2 fully saturated rings. The van der Waals surface area contributed by atoms with Gasteiger partial charge in [0, 0.05) is 11.1 Å². The molecule has 0 radical (unpaired) electrons. The Morgan fingerprint density at radius 3 is 1.58 bits per heavy atom. The molecule has 1 nitrogen and oxygen atoms in total. The van der Waals surface area contributed by atoms with E-state index in [-0.39, 0.29) is 0 Å². The molecule has 1 heteroatoms. The molecule has 2 aromatic rings. The van der Waals surface area contributed by atoms with Gasteiger partial charge >= 0.3 is 0 Å². The molecule has 102 valence electrons. The number of hydrogen-bond donors (Lipinski definition) is 0. The van der Waals surface area contributed by atoms with Crippen LogP contribution in [0.3, 0.4) is 0 Å². The van der Waals surface area contributed by atoms with E-state index in [4.69, 9.17) is 4.42 Å². The standard InChI is InChI=1S/C18H24O/c1-3-7-13(8-4-1)16-11-15-12-17(18(16)19-15)14-9-5-2-6-10-14/h11-14H,1-10H2. The highest BCUT2D eigenvalue weighted by Crippen LogP contribution is 2.44. The van der Waals surface area contributed by atoms with Crippen molar-refractivity contribution in [2.45, 2.75) is 76.0 Å². The first-order valence-corrected chi connectivity index (χ1v) is 8.27. The normalized spacial score (nSPS) is 23.4. The molecule has 2 bridgehead atoms. The van der Waals surface area contributed by atoms with E-state index < -0.39 is 0 Å². The van der Waals surface area contributed by atoms with Gasteiger partial charge in [-0.2, -0.15) is 0 Å². The van der Waals surface area contributed by atoms with E-state index >= 15 is 0 Å². The zero-order valence-corrected chi connectivity index (χ0v) is 11.8. The van der Waals surface area contributed by atoms with E-state index in [1.165, 1.54) is 69.8 Å². The number of furan rings is 2. The summed E-state index contributed by atoms with van der Waals surface area (Å²) in [6.07, 6.45) is 14.0. The first-order chi connectivity index (χ1) is 9.42. The second kappa shape index (κ2) is 4.85. The summed E-state index contributed by atoms with van der Waals surface area (Å²) < 4.78 is 6.05. The molecule has 0 atom stereocenters. The Balaban J connectivity index is 1.65. The summed E-state index contributed by atoms with van der Waals surface area (Å²) in [5.74, 6) is 1.57. The third kappa shape index (κ3) is 2.07. The largest absolute Gasteiger partial charge is 0.457 e. The van der Waals surface area contributed by atoms with Gasteiger partial charge in [0.05, 0.1) is 0 Å². The maximum Gasteiger partial charge on any atom is 0.134 e. The summed E-state index contributed by atoms with van der Waals surface area (Å²) in [5, 5.41) is 0. The molecular weight excluding hydrogens is 232 g/mol. The van der Waals surface area contributed by atoms with Crippen LogP contribution >= 0.6 is 0 Å². The quantitative estimate of drug-likeness (QED) is 0.645. The van der Waals surface area contributed by atoms with Crippen LogP contribution in [0.4, 0.5) is 0 Å². The summed E-state index contributed by atoms with van der Waals surface area (Å²) in [6.45, 7) is 0. The fourth-order valence-electron chi connectivity index (χ4n) is 4.37. The Labute approximate surface area is 115 Å². The summed E-state index contributed by atoms with van der Waals surface area (Å²) in [7, 11) is 0. The van der Waals surface area contributed by atoms with E-state index in [0.29, 0.717) is 0 Å². The topological polar surface area (TPSA) is 13.1 Å².